The summed E-state index contributed by atoms with van der Waals surface area (Å²) in [4.78, 5) is 44.6. The number of amides is 2. The second kappa shape index (κ2) is 7.34. The summed E-state index contributed by atoms with van der Waals surface area (Å²) in [7, 11) is 0. The lowest BCUT2D eigenvalue weighted by atomic mass is 10.2. The maximum Gasteiger partial charge on any atom is 0.409 e. The second-order valence-electron chi connectivity index (χ2n) is 6.52. The molecule has 0 bridgehead atoms. The fourth-order valence-corrected chi connectivity index (χ4v) is 3.33. The number of hydrogen-bond acceptors (Lipinski definition) is 6. The van der Waals surface area contributed by atoms with Gasteiger partial charge in [0.15, 0.2) is 0 Å². The molecule has 2 amide bonds. The average Bonchev–Trinajstić information content (AvgIpc) is 3.10. The molecule has 2 aromatic heterocycles. The lowest BCUT2D eigenvalue weighted by Gasteiger charge is -2.34. The van der Waals surface area contributed by atoms with Crippen LogP contribution in [-0.2, 0) is 16.1 Å². The molecule has 3 aromatic rings. The Hall–Kier alpha value is -3.36. The lowest BCUT2D eigenvalue weighted by molar-refractivity contribution is -0.133. The van der Waals surface area contributed by atoms with Crippen LogP contribution in [0.3, 0.4) is 0 Å². The van der Waals surface area contributed by atoms with Crippen LogP contribution in [0.5, 0.6) is 0 Å². The van der Waals surface area contributed by atoms with Crippen molar-refractivity contribution >= 4 is 34.1 Å². The third-order valence-corrected chi connectivity index (χ3v) is 4.81. The van der Waals surface area contributed by atoms with Crippen LogP contribution >= 0.6 is 0 Å². The first kappa shape index (κ1) is 18.0. The normalized spacial score (nSPS) is 14.6. The monoisotopic (exact) mass is 384 g/mol. The molecule has 1 aromatic carbocycles. The quantitative estimate of drug-likeness (QED) is 0.678. The SMILES string of the molecule is CCOC(=O)N1CCN(C(=O)Cn2cnc3c(oc4ccccc43)c2=O)CC1. The van der Waals surface area contributed by atoms with Crippen LogP contribution in [0, 0.1) is 0 Å². The highest BCUT2D eigenvalue weighted by atomic mass is 16.6. The van der Waals surface area contributed by atoms with E-state index in [4.69, 9.17) is 9.15 Å². The van der Waals surface area contributed by atoms with E-state index >= 15 is 0 Å². The van der Waals surface area contributed by atoms with Crippen LogP contribution in [0.4, 0.5) is 4.79 Å². The molecule has 0 radical (unpaired) electrons. The van der Waals surface area contributed by atoms with Gasteiger partial charge < -0.3 is 19.0 Å². The minimum Gasteiger partial charge on any atom is -0.450 e. The standard InChI is InChI=1S/C19H20N4O5/c1-2-27-19(26)22-9-7-21(8-10-22)15(24)11-23-12-20-16-13-5-3-4-6-14(13)28-17(16)18(23)25/h3-6,12H,2,7-11H2,1H3. The number of para-hydroxylation sites is 1. The topological polar surface area (TPSA) is 97.9 Å². The molecule has 1 saturated heterocycles. The van der Waals surface area contributed by atoms with E-state index in [9.17, 15) is 14.4 Å². The Morgan fingerprint density at radius 2 is 1.86 bits per heavy atom. The summed E-state index contributed by atoms with van der Waals surface area (Å²) in [5.74, 6) is -0.206. The fraction of sp³-hybridized carbons (Fsp3) is 0.368. The number of benzene rings is 1. The highest BCUT2D eigenvalue weighted by Gasteiger charge is 2.25. The van der Waals surface area contributed by atoms with E-state index in [0.29, 0.717) is 43.9 Å². The largest absolute Gasteiger partial charge is 0.450 e. The molecular formula is C19H20N4O5. The molecule has 4 rings (SSSR count). The zero-order valence-corrected chi connectivity index (χ0v) is 15.5. The van der Waals surface area contributed by atoms with Crippen molar-refractivity contribution in [1.82, 2.24) is 19.4 Å². The fourth-order valence-electron chi connectivity index (χ4n) is 3.33. The smallest absolute Gasteiger partial charge is 0.409 e. The number of carbonyl (C=O) groups excluding carboxylic acids is 2. The van der Waals surface area contributed by atoms with Gasteiger partial charge in [0, 0.05) is 31.6 Å². The highest BCUT2D eigenvalue weighted by molar-refractivity contribution is 6.01. The Balaban J connectivity index is 1.49. The van der Waals surface area contributed by atoms with Crippen LogP contribution in [-0.4, -0.2) is 64.1 Å². The van der Waals surface area contributed by atoms with Gasteiger partial charge in [0.2, 0.25) is 11.5 Å². The van der Waals surface area contributed by atoms with Crippen molar-refractivity contribution in [2.45, 2.75) is 13.5 Å². The predicted molar refractivity (Wildman–Crippen MR) is 101 cm³/mol. The van der Waals surface area contributed by atoms with Crippen molar-refractivity contribution in [3.05, 3.63) is 40.9 Å². The van der Waals surface area contributed by atoms with E-state index in [1.54, 1.807) is 22.8 Å². The van der Waals surface area contributed by atoms with Crippen molar-refractivity contribution in [3.8, 4) is 0 Å². The van der Waals surface area contributed by atoms with Gasteiger partial charge in [-0.1, -0.05) is 12.1 Å². The van der Waals surface area contributed by atoms with Crippen molar-refractivity contribution < 1.29 is 18.7 Å². The molecule has 0 saturated carbocycles. The van der Waals surface area contributed by atoms with E-state index in [1.807, 2.05) is 18.2 Å². The summed E-state index contributed by atoms with van der Waals surface area (Å²) in [6.07, 6.45) is 1.00. The number of rotatable bonds is 3. The number of hydrogen-bond donors (Lipinski definition) is 0. The Kier molecular flexibility index (Phi) is 4.72. The molecule has 0 N–H and O–H groups in total. The molecule has 0 unspecified atom stereocenters. The summed E-state index contributed by atoms with van der Waals surface area (Å²) in [5, 5.41) is 0.767. The molecule has 9 nitrogen and oxygen atoms in total. The first-order valence-corrected chi connectivity index (χ1v) is 9.14. The number of nitrogens with zero attached hydrogens (tertiary/aromatic N) is 4. The van der Waals surface area contributed by atoms with Crippen LogP contribution < -0.4 is 5.56 Å². The van der Waals surface area contributed by atoms with Gasteiger partial charge in [0.25, 0.3) is 5.56 Å². The van der Waals surface area contributed by atoms with Gasteiger partial charge >= 0.3 is 6.09 Å². The van der Waals surface area contributed by atoms with Gasteiger partial charge in [-0.3, -0.25) is 14.2 Å². The van der Waals surface area contributed by atoms with E-state index < -0.39 is 0 Å². The number of piperazine rings is 1. The van der Waals surface area contributed by atoms with Crippen molar-refractivity contribution in [3.63, 3.8) is 0 Å². The number of aromatic nitrogens is 2. The number of fused-ring (bicyclic) bond motifs is 3. The van der Waals surface area contributed by atoms with E-state index in [2.05, 4.69) is 4.98 Å². The molecular weight excluding hydrogens is 364 g/mol. The van der Waals surface area contributed by atoms with Crippen molar-refractivity contribution in [1.29, 1.82) is 0 Å². The third-order valence-electron chi connectivity index (χ3n) is 4.81. The van der Waals surface area contributed by atoms with Crippen LogP contribution in [0.2, 0.25) is 0 Å². The first-order chi connectivity index (χ1) is 13.6. The van der Waals surface area contributed by atoms with Gasteiger partial charge in [-0.2, -0.15) is 0 Å². The molecule has 1 aliphatic rings. The predicted octanol–water partition coefficient (Wildman–Crippen LogP) is 1.44. The number of ether oxygens (including phenoxy) is 1. The maximum atomic E-state index is 12.7. The van der Waals surface area contributed by atoms with Crippen LogP contribution in [0.15, 0.2) is 39.8 Å². The molecule has 0 spiro atoms. The Morgan fingerprint density at radius 3 is 2.61 bits per heavy atom. The van der Waals surface area contributed by atoms with Gasteiger partial charge in [-0.05, 0) is 19.1 Å². The maximum absolute atomic E-state index is 12.7. The van der Waals surface area contributed by atoms with E-state index in [-0.39, 0.29) is 29.7 Å². The zero-order chi connectivity index (χ0) is 19.7. The van der Waals surface area contributed by atoms with Crippen LogP contribution in [0.1, 0.15) is 6.92 Å². The Morgan fingerprint density at radius 1 is 1.14 bits per heavy atom. The van der Waals surface area contributed by atoms with Gasteiger partial charge in [0.1, 0.15) is 17.6 Å². The molecule has 9 heteroatoms. The lowest BCUT2D eigenvalue weighted by Crippen LogP contribution is -2.51. The molecule has 3 heterocycles. The van der Waals surface area contributed by atoms with Gasteiger partial charge in [-0.25, -0.2) is 9.78 Å². The molecule has 1 aliphatic heterocycles. The van der Waals surface area contributed by atoms with E-state index in [1.165, 1.54) is 10.9 Å². The number of furan rings is 1. The zero-order valence-electron chi connectivity index (χ0n) is 15.5. The molecule has 28 heavy (non-hydrogen) atoms. The summed E-state index contributed by atoms with van der Waals surface area (Å²) in [6.45, 7) is 3.54. The Bertz CT molecular complexity index is 1090. The molecule has 146 valence electrons. The summed E-state index contributed by atoms with van der Waals surface area (Å²) < 4.78 is 11.9. The molecule has 0 aliphatic carbocycles. The average molecular weight is 384 g/mol. The van der Waals surface area contributed by atoms with Crippen molar-refractivity contribution in [2.75, 3.05) is 32.8 Å². The summed E-state index contributed by atoms with van der Waals surface area (Å²) in [6, 6.07) is 7.29. The third kappa shape index (κ3) is 3.19. The minimum atomic E-state index is -0.389. The van der Waals surface area contributed by atoms with Gasteiger partial charge in [-0.15, -0.1) is 0 Å². The second-order valence-corrected chi connectivity index (χ2v) is 6.52. The molecule has 0 atom stereocenters. The minimum absolute atomic E-state index is 0.127. The van der Waals surface area contributed by atoms with E-state index in [0.717, 1.165) is 5.39 Å². The molecule has 1 fully saturated rings. The summed E-state index contributed by atoms with van der Waals surface area (Å²) >= 11 is 0. The highest BCUT2D eigenvalue weighted by Crippen LogP contribution is 2.24. The summed E-state index contributed by atoms with van der Waals surface area (Å²) in [5.41, 5.74) is 0.831. The number of carbonyl (C=O) groups is 2. The van der Waals surface area contributed by atoms with Gasteiger partial charge in [0.05, 0.1) is 12.9 Å². The first-order valence-electron chi connectivity index (χ1n) is 9.14. The Labute approximate surface area is 160 Å². The van der Waals surface area contributed by atoms with Crippen LogP contribution in [0.25, 0.3) is 22.1 Å². The van der Waals surface area contributed by atoms with Crippen molar-refractivity contribution in [2.24, 2.45) is 0 Å².